The predicted molar refractivity (Wildman–Crippen MR) is 77.3 cm³/mol. The molecular weight excluding hydrogens is 254 g/mol. The van der Waals surface area contributed by atoms with E-state index in [0.29, 0.717) is 23.3 Å². The topological polar surface area (TPSA) is 56.7 Å². The SMILES string of the molecule is Cc1nc(N2CCC3CCC(C2)N3C)ccc1C(=O)O. The first-order valence-electron chi connectivity index (χ1n) is 7.24. The van der Waals surface area contributed by atoms with Gasteiger partial charge in [-0.3, -0.25) is 4.90 Å². The number of aromatic nitrogens is 1. The summed E-state index contributed by atoms with van der Waals surface area (Å²) in [6, 6.07) is 4.82. The van der Waals surface area contributed by atoms with Crippen LogP contribution in [0.4, 0.5) is 5.82 Å². The molecule has 1 aromatic rings. The standard InChI is InChI=1S/C15H21N3O2/c1-10-13(15(19)20)5-6-14(16-10)18-8-7-11-3-4-12(9-18)17(11)2/h5-6,11-12H,3-4,7-9H2,1-2H3,(H,19,20). The van der Waals surface area contributed by atoms with E-state index < -0.39 is 5.97 Å². The van der Waals surface area contributed by atoms with Crippen molar-refractivity contribution >= 4 is 11.8 Å². The average molecular weight is 275 g/mol. The molecule has 2 aliphatic rings. The van der Waals surface area contributed by atoms with Crippen LogP contribution in [0.1, 0.15) is 35.3 Å². The van der Waals surface area contributed by atoms with Crippen molar-refractivity contribution < 1.29 is 9.90 Å². The molecule has 2 atom stereocenters. The lowest BCUT2D eigenvalue weighted by molar-refractivity contribution is 0.0695. The number of nitrogens with zero attached hydrogens (tertiary/aromatic N) is 3. The molecule has 2 bridgehead atoms. The first-order chi connectivity index (χ1) is 9.56. The molecule has 2 aliphatic heterocycles. The molecule has 0 amide bonds. The number of carboxylic acids is 1. The Morgan fingerprint density at radius 3 is 2.75 bits per heavy atom. The molecule has 1 aromatic heterocycles. The molecule has 0 saturated carbocycles. The Morgan fingerprint density at radius 2 is 2.05 bits per heavy atom. The molecular formula is C15H21N3O2. The van der Waals surface area contributed by atoms with Gasteiger partial charge in [0.2, 0.25) is 0 Å². The van der Waals surface area contributed by atoms with Gasteiger partial charge in [-0.2, -0.15) is 0 Å². The fourth-order valence-corrected chi connectivity index (χ4v) is 3.47. The van der Waals surface area contributed by atoms with Crippen molar-refractivity contribution in [1.82, 2.24) is 9.88 Å². The van der Waals surface area contributed by atoms with Crippen LogP contribution in [0, 0.1) is 6.92 Å². The highest BCUT2D eigenvalue weighted by Crippen LogP contribution is 2.30. The molecule has 2 saturated heterocycles. The Bertz CT molecular complexity index is 532. The zero-order valence-electron chi connectivity index (χ0n) is 12.0. The molecule has 5 nitrogen and oxygen atoms in total. The molecule has 1 N–H and O–H groups in total. The lowest BCUT2D eigenvalue weighted by Crippen LogP contribution is -2.37. The summed E-state index contributed by atoms with van der Waals surface area (Å²) in [6.45, 7) is 3.76. The van der Waals surface area contributed by atoms with Crippen molar-refractivity contribution in [2.75, 3.05) is 25.0 Å². The maximum atomic E-state index is 11.1. The Kier molecular flexibility index (Phi) is 3.38. The van der Waals surface area contributed by atoms with E-state index in [4.69, 9.17) is 5.11 Å². The zero-order valence-corrected chi connectivity index (χ0v) is 12.0. The largest absolute Gasteiger partial charge is 0.478 e. The smallest absolute Gasteiger partial charge is 0.337 e. The second-order valence-corrected chi connectivity index (χ2v) is 5.89. The number of carboxylic acid groups (broad SMARTS) is 1. The van der Waals surface area contributed by atoms with E-state index in [1.165, 1.54) is 12.8 Å². The summed E-state index contributed by atoms with van der Waals surface area (Å²) in [6.07, 6.45) is 3.72. The van der Waals surface area contributed by atoms with Crippen LogP contribution >= 0.6 is 0 Å². The van der Waals surface area contributed by atoms with E-state index >= 15 is 0 Å². The lowest BCUT2D eigenvalue weighted by Gasteiger charge is -2.27. The van der Waals surface area contributed by atoms with Crippen LogP contribution in [0.5, 0.6) is 0 Å². The Hall–Kier alpha value is -1.62. The summed E-state index contributed by atoms with van der Waals surface area (Å²) in [4.78, 5) is 20.3. The van der Waals surface area contributed by atoms with Crippen molar-refractivity contribution in [2.24, 2.45) is 0 Å². The zero-order chi connectivity index (χ0) is 14.3. The third-order valence-corrected chi connectivity index (χ3v) is 4.77. The molecule has 2 fully saturated rings. The van der Waals surface area contributed by atoms with E-state index in [0.717, 1.165) is 25.3 Å². The summed E-state index contributed by atoms with van der Waals surface area (Å²) in [7, 11) is 2.22. The molecule has 2 unspecified atom stereocenters. The monoisotopic (exact) mass is 275 g/mol. The number of pyridine rings is 1. The summed E-state index contributed by atoms with van der Waals surface area (Å²) in [5, 5.41) is 9.07. The molecule has 0 spiro atoms. The molecule has 108 valence electrons. The molecule has 3 heterocycles. The molecule has 0 radical (unpaired) electrons. The molecule has 0 aromatic carbocycles. The van der Waals surface area contributed by atoms with Gasteiger partial charge in [0.25, 0.3) is 0 Å². The van der Waals surface area contributed by atoms with E-state index in [1.54, 1.807) is 13.0 Å². The van der Waals surface area contributed by atoms with Crippen LogP contribution in [0.3, 0.4) is 0 Å². The Morgan fingerprint density at radius 1 is 1.30 bits per heavy atom. The number of anilines is 1. The quantitative estimate of drug-likeness (QED) is 0.891. The maximum Gasteiger partial charge on any atom is 0.337 e. The van der Waals surface area contributed by atoms with Gasteiger partial charge < -0.3 is 10.0 Å². The number of hydrogen-bond acceptors (Lipinski definition) is 4. The van der Waals surface area contributed by atoms with Crippen LogP contribution < -0.4 is 4.90 Å². The van der Waals surface area contributed by atoms with E-state index in [1.807, 2.05) is 6.07 Å². The van der Waals surface area contributed by atoms with Crippen molar-refractivity contribution in [1.29, 1.82) is 0 Å². The highest BCUT2D eigenvalue weighted by molar-refractivity contribution is 5.89. The van der Waals surface area contributed by atoms with E-state index in [-0.39, 0.29) is 0 Å². The van der Waals surface area contributed by atoms with Gasteiger partial charge >= 0.3 is 5.97 Å². The summed E-state index contributed by atoms with van der Waals surface area (Å²) < 4.78 is 0. The second-order valence-electron chi connectivity index (χ2n) is 5.89. The van der Waals surface area contributed by atoms with Crippen molar-refractivity contribution in [3.8, 4) is 0 Å². The minimum Gasteiger partial charge on any atom is -0.478 e. The van der Waals surface area contributed by atoms with Crippen LogP contribution in [0.15, 0.2) is 12.1 Å². The minimum atomic E-state index is -0.906. The van der Waals surface area contributed by atoms with E-state index in [2.05, 4.69) is 21.8 Å². The number of carbonyl (C=O) groups is 1. The number of likely N-dealkylation sites (N-methyl/N-ethyl adjacent to an activating group) is 1. The van der Waals surface area contributed by atoms with Gasteiger partial charge in [0.15, 0.2) is 0 Å². The highest BCUT2D eigenvalue weighted by Gasteiger charge is 2.35. The summed E-state index contributed by atoms with van der Waals surface area (Å²) in [5.74, 6) is 0.00431. The average Bonchev–Trinajstić information content (AvgIpc) is 2.62. The van der Waals surface area contributed by atoms with E-state index in [9.17, 15) is 4.79 Å². The van der Waals surface area contributed by atoms with Gasteiger partial charge in [-0.25, -0.2) is 9.78 Å². The van der Waals surface area contributed by atoms with Gasteiger partial charge in [0, 0.05) is 25.2 Å². The fraction of sp³-hybridized carbons (Fsp3) is 0.600. The summed E-state index contributed by atoms with van der Waals surface area (Å²) >= 11 is 0. The maximum absolute atomic E-state index is 11.1. The van der Waals surface area contributed by atoms with Crippen LogP contribution in [0.2, 0.25) is 0 Å². The molecule has 3 rings (SSSR count). The first kappa shape index (κ1) is 13.4. The summed E-state index contributed by atoms with van der Waals surface area (Å²) in [5.41, 5.74) is 0.889. The number of fused-ring (bicyclic) bond motifs is 2. The minimum absolute atomic E-state index is 0.294. The second kappa shape index (κ2) is 5.05. The van der Waals surface area contributed by atoms with Crippen LogP contribution in [-0.4, -0.2) is 53.2 Å². The van der Waals surface area contributed by atoms with Crippen molar-refractivity contribution in [3.05, 3.63) is 23.4 Å². The van der Waals surface area contributed by atoms with Gasteiger partial charge in [0.1, 0.15) is 5.82 Å². The molecule has 20 heavy (non-hydrogen) atoms. The fourth-order valence-electron chi connectivity index (χ4n) is 3.47. The van der Waals surface area contributed by atoms with Crippen LogP contribution in [-0.2, 0) is 0 Å². The normalized spacial score (nSPS) is 26.6. The Balaban J connectivity index is 1.83. The number of aromatic carboxylic acids is 1. The van der Waals surface area contributed by atoms with Crippen molar-refractivity contribution in [3.63, 3.8) is 0 Å². The van der Waals surface area contributed by atoms with Gasteiger partial charge in [-0.1, -0.05) is 0 Å². The number of rotatable bonds is 2. The van der Waals surface area contributed by atoms with Gasteiger partial charge in [-0.15, -0.1) is 0 Å². The number of hydrogen-bond donors (Lipinski definition) is 1. The van der Waals surface area contributed by atoms with Crippen LogP contribution in [0.25, 0.3) is 0 Å². The molecule has 0 aliphatic carbocycles. The van der Waals surface area contributed by atoms with Gasteiger partial charge in [-0.05, 0) is 45.4 Å². The highest BCUT2D eigenvalue weighted by atomic mass is 16.4. The first-order valence-corrected chi connectivity index (χ1v) is 7.24. The Labute approximate surface area is 119 Å². The van der Waals surface area contributed by atoms with Gasteiger partial charge in [0.05, 0.1) is 11.3 Å². The third-order valence-electron chi connectivity index (χ3n) is 4.77. The van der Waals surface area contributed by atoms with Crippen molar-refractivity contribution in [2.45, 2.75) is 38.3 Å². The lowest BCUT2D eigenvalue weighted by atomic mass is 10.1. The number of aryl methyl sites for hydroxylation is 1. The molecule has 5 heteroatoms. The third kappa shape index (κ3) is 2.26. The predicted octanol–water partition coefficient (Wildman–Crippen LogP) is 1.76.